The number of Topliss-reactive ketones (excluding diaryl/α,β-unsaturated/α-hetero) is 1. The Morgan fingerprint density at radius 2 is 1.96 bits per heavy atom. The Kier molecular flexibility index (Phi) is 4.78. The minimum absolute atomic E-state index is 0.0458. The fourth-order valence-corrected chi connectivity index (χ4v) is 4.47. The molecule has 2 heterocycles. The smallest absolute Gasteiger partial charge is 0.317 e. The van der Waals surface area contributed by atoms with E-state index in [0.717, 1.165) is 0 Å². The van der Waals surface area contributed by atoms with Gasteiger partial charge in [0.25, 0.3) is 0 Å². The van der Waals surface area contributed by atoms with Gasteiger partial charge in [0.2, 0.25) is 6.43 Å². The summed E-state index contributed by atoms with van der Waals surface area (Å²) in [5.74, 6) is 0.0840. The molecule has 3 aliphatic rings. The Labute approximate surface area is 157 Å². The predicted octanol–water partition coefficient (Wildman–Crippen LogP) is 3.63. The van der Waals surface area contributed by atoms with E-state index < -0.39 is 17.9 Å². The summed E-state index contributed by atoms with van der Waals surface area (Å²) in [6.07, 6.45) is 0.668. The van der Waals surface area contributed by atoms with Crippen molar-refractivity contribution in [1.82, 2.24) is 10.2 Å². The zero-order valence-corrected chi connectivity index (χ0v) is 15.1. The molecule has 4 rings (SSSR count). The fourth-order valence-electron chi connectivity index (χ4n) is 4.47. The molecule has 0 aromatic heterocycles. The number of alkyl halides is 2. The highest BCUT2D eigenvalue weighted by atomic mass is 19.3. The van der Waals surface area contributed by atoms with Crippen LogP contribution in [0.4, 0.5) is 13.6 Å². The fraction of sp³-hybridized carbons (Fsp3) is 0.600. The largest absolute Gasteiger partial charge is 0.484 e. The molecule has 1 aliphatic carbocycles. The van der Waals surface area contributed by atoms with Gasteiger partial charge >= 0.3 is 6.03 Å². The van der Waals surface area contributed by atoms with E-state index >= 15 is 0 Å². The van der Waals surface area contributed by atoms with Crippen molar-refractivity contribution in [3.8, 4) is 5.75 Å². The van der Waals surface area contributed by atoms with Crippen LogP contribution in [-0.2, 0) is 0 Å². The molecule has 0 bridgehead atoms. The highest BCUT2D eigenvalue weighted by Crippen LogP contribution is 2.38. The van der Waals surface area contributed by atoms with Crippen LogP contribution in [0.2, 0.25) is 0 Å². The molecule has 1 saturated carbocycles. The lowest BCUT2D eigenvalue weighted by Gasteiger charge is -2.35. The second-order valence-corrected chi connectivity index (χ2v) is 7.95. The van der Waals surface area contributed by atoms with Crippen molar-refractivity contribution in [3.05, 3.63) is 29.8 Å². The van der Waals surface area contributed by atoms with Crippen molar-refractivity contribution in [3.63, 3.8) is 0 Å². The third-order valence-electron chi connectivity index (χ3n) is 6.06. The zero-order valence-electron chi connectivity index (χ0n) is 15.1. The lowest BCUT2D eigenvalue weighted by atomic mass is 9.86. The molecular formula is C20H24F2N2O3. The van der Waals surface area contributed by atoms with Gasteiger partial charge in [-0.3, -0.25) is 4.79 Å². The van der Waals surface area contributed by atoms with Crippen LogP contribution in [-0.4, -0.2) is 47.9 Å². The maximum absolute atomic E-state index is 12.8. The Bertz CT molecular complexity index is 734. The number of rotatable bonds is 2. The van der Waals surface area contributed by atoms with Gasteiger partial charge in [-0.2, -0.15) is 0 Å². The van der Waals surface area contributed by atoms with Crippen LogP contribution in [0.25, 0.3) is 0 Å². The van der Waals surface area contributed by atoms with Crippen LogP contribution in [0, 0.1) is 5.92 Å². The van der Waals surface area contributed by atoms with E-state index in [0.29, 0.717) is 56.5 Å². The molecule has 1 aromatic rings. The number of urea groups is 1. The van der Waals surface area contributed by atoms with Gasteiger partial charge in [-0.05, 0) is 37.8 Å². The van der Waals surface area contributed by atoms with Gasteiger partial charge in [0.15, 0.2) is 5.78 Å². The second kappa shape index (κ2) is 7.09. The molecule has 1 unspecified atom stereocenters. The van der Waals surface area contributed by atoms with Gasteiger partial charge in [-0.15, -0.1) is 0 Å². The number of amides is 2. The average Bonchev–Trinajstić information content (AvgIpc) is 3.05. The Morgan fingerprint density at radius 3 is 2.70 bits per heavy atom. The minimum atomic E-state index is -2.27. The van der Waals surface area contributed by atoms with E-state index in [1.54, 1.807) is 17.0 Å². The summed E-state index contributed by atoms with van der Waals surface area (Å²) in [6.45, 7) is 0.888. The number of hydrogen-bond donors (Lipinski definition) is 1. The van der Waals surface area contributed by atoms with Gasteiger partial charge in [-0.1, -0.05) is 12.1 Å². The van der Waals surface area contributed by atoms with Gasteiger partial charge in [0.1, 0.15) is 11.4 Å². The van der Waals surface area contributed by atoms with Gasteiger partial charge in [0, 0.05) is 24.9 Å². The normalized spacial score (nSPS) is 30.3. The van der Waals surface area contributed by atoms with E-state index in [1.165, 1.54) is 0 Å². The van der Waals surface area contributed by atoms with Crippen LogP contribution in [0.3, 0.4) is 0 Å². The lowest BCUT2D eigenvalue weighted by molar-refractivity contribution is 0.0458. The number of likely N-dealkylation sites (tertiary alicyclic amines) is 1. The van der Waals surface area contributed by atoms with Crippen LogP contribution in [0.5, 0.6) is 5.75 Å². The van der Waals surface area contributed by atoms with Crippen LogP contribution < -0.4 is 10.1 Å². The second-order valence-electron chi connectivity index (χ2n) is 7.95. The first kappa shape index (κ1) is 18.2. The zero-order chi connectivity index (χ0) is 19.0. The van der Waals surface area contributed by atoms with Crippen molar-refractivity contribution in [1.29, 1.82) is 0 Å². The molecule has 1 aromatic carbocycles. The van der Waals surface area contributed by atoms with Crippen LogP contribution in [0.1, 0.15) is 48.9 Å². The SMILES string of the molecule is O=C1CC2(CCN(C(=O)NC3CCC(C(F)F)CC3)C2)Oc2ccccc21. The molecule has 1 atom stereocenters. The van der Waals surface area contributed by atoms with E-state index in [9.17, 15) is 18.4 Å². The summed E-state index contributed by atoms with van der Waals surface area (Å²) in [4.78, 5) is 26.8. The summed E-state index contributed by atoms with van der Waals surface area (Å²) in [5.41, 5.74) is -0.0577. The first-order valence-corrected chi connectivity index (χ1v) is 9.61. The number of ether oxygens (including phenoxy) is 1. The third kappa shape index (κ3) is 3.64. The number of fused-ring (bicyclic) bond motifs is 1. The minimum Gasteiger partial charge on any atom is -0.484 e. The summed E-state index contributed by atoms with van der Waals surface area (Å²) >= 11 is 0. The van der Waals surface area contributed by atoms with Crippen molar-refractivity contribution < 1.29 is 23.1 Å². The lowest BCUT2D eigenvalue weighted by Crippen LogP contribution is -2.49. The molecule has 1 spiro atoms. The van der Waals surface area contributed by atoms with Gasteiger partial charge in [-0.25, -0.2) is 13.6 Å². The number of carbonyl (C=O) groups is 2. The summed E-state index contributed by atoms with van der Waals surface area (Å²) in [7, 11) is 0. The Hall–Kier alpha value is -2.18. The Balaban J connectivity index is 1.35. The molecule has 0 radical (unpaired) electrons. The molecule has 2 aliphatic heterocycles. The molecule has 2 amide bonds. The number of nitrogens with one attached hydrogen (secondary N) is 1. The van der Waals surface area contributed by atoms with Crippen LogP contribution in [0.15, 0.2) is 24.3 Å². The van der Waals surface area contributed by atoms with E-state index in [4.69, 9.17) is 4.74 Å². The van der Waals surface area contributed by atoms with Crippen LogP contribution >= 0.6 is 0 Å². The molecule has 5 nitrogen and oxygen atoms in total. The van der Waals surface area contributed by atoms with Gasteiger partial charge in [0.05, 0.1) is 18.5 Å². The molecule has 146 valence electrons. The summed E-state index contributed by atoms with van der Waals surface area (Å²) in [6, 6.07) is 6.95. The average molecular weight is 378 g/mol. The number of carbonyl (C=O) groups excluding carboxylic acids is 2. The summed E-state index contributed by atoms with van der Waals surface area (Å²) < 4.78 is 31.7. The van der Waals surface area contributed by atoms with Crippen molar-refractivity contribution in [2.75, 3.05) is 13.1 Å². The molecule has 1 N–H and O–H groups in total. The van der Waals surface area contributed by atoms with Crippen molar-refractivity contribution in [2.45, 2.75) is 56.6 Å². The number of para-hydroxylation sites is 1. The monoisotopic (exact) mass is 378 g/mol. The Morgan fingerprint density at radius 1 is 1.22 bits per heavy atom. The molecule has 1 saturated heterocycles. The molecule has 2 fully saturated rings. The molecular weight excluding hydrogens is 354 g/mol. The summed E-state index contributed by atoms with van der Waals surface area (Å²) in [5, 5.41) is 2.97. The van der Waals surface area contributed by atoms with Crippen molar-refractivity contribution >= 4 is 11.8 Å². The number of ketones is 1. The first-order valence-electron chi connectivity index (χ1n) is 9.61. The quantitative estimate of drug-likeness (QED) is 0.855. The molecule has 7 heteroatoms. The van der Waals surface area contributed by atoms with Crippen molar-refractivity contribution in [2.24, 2.45) is 5.92 Å². The predicted molar refractivity (Wildman–Crippen MR) is 95.2 cm³/mol. The van der Waals surface area contributed by atoms with E-state index in [1.807, 2.05) is 12.1 Å². The number of hydrogen-bond acceptors (Lipinski definition) is 3. The standard InChI is InChI=1S/C20H24F2N2O3/c21-18(22)13-5-7-14(8-6-13)23-19(26)24-10-9-20(12-24)11-16(25)15-3-1-2-4-17(15)27-20/h1-4,13-14,18H,5-12H2,(H,23,26). The third-order valence-corrected chi connectivity index (χ3v) is 6.06. The highest BCUT2D eigenvalue weighted by molar-refractivity contribution is 6.00. The maximum Gasteiger partial charge on any atom is 0.317 e. The first-order chi connectivity index (χ1) is 13.0. The number of nitrogens with zero attached hydrogens (tertiary/aromatic N) is 1. The highest BCUT2D eigenvalue weighted by Gasteiger charge is 2.47. The number of halogens is 2. The number of benzene rings is 1. The van der Waals surface area contributed by atoms with E-state index in [2.05, 4.69) is 5.32 Å². The van der Waals surface area contributed by atoms with E-state index in [-0.39, 0.29) is 24.3 Å². The molecule has 27 heavy (non-hydrogen) atoms. The van der Waals surface area contributed by atoms with Gasteiger partial charge < -0.3 is 15.0 Å². The topological polar surface area (TPSA) is 58.6 Å². The maximum atomic E-state index is 12.8.